The van der Waals surface area contributed by atoms with Gasteiger partial charge in [-0.2, -0.15) is 4.31 Å². The van der Waals surface area contributed by atoms with Gasteiger partial charge < -0.3 is 10.5 Å². The molecule has 0 saturated carbocycles. The lowest BCUT2D eigenvalue weighted by Gasteiger charge is -2.33. The van der Waals surface area contributed by atoms with Gasteiger partial charge in [0.25, 0.3) is 5.91 Å². The second kappa shape index (κ2) is 7.10. The molecule has 2 N–H and O–H groups in total. The van der Waals surface area contributed by atoms with Gasteiger partial charge >= 0.3 is 5.97 Å². The van der Waals surface area contributed by atoms with Crippen LogP contribution >= 0.6 is 0 Å². The van der Waals surface area contributed by atoms with Gasteiger partial charge in [0.05, 0.1) is 4.90 Å². The van der Waals surface area contributed by atoms with Crippen LogP contribution in [-0.4, -0.2) is 43.3 Å². The Kier molecular flexibility index (Phi) is 5.38. The number of amides is 1. The van der Waals surface area contributed by atoms with E-state index in [1.807, 2.05) is 0 Å². The highest BCUT2D eigenvalue weighted by Gasteiger charge is 2.39. The van der Waals surface area contributed by atoms with Crippen LogP contribution in [-0.2, 0) is 24.3 Å². The molecule has 1 aliphatic heterocycles. The van der Waals surface area contributed by atoms with Crippen molar-refractivity contribution in [3.8, 4) is 0 Å². The summed E-state index contributed by atoms with van der Waals surface area (Å²) in [4.78, 5) is 23.4. The van der Waals surface area contributed by atoms with Crippen molar-refractivity contribution >= 4 is 21.9 Å². The first kappa shape index (κ1) is 17.4. The molecule has 23 heavy (non-hydrogen) atoms. The minimum atomic E-state index is -3.80. The number of nitrogens with two attached hydrogens (primary N) is 1. The predicted octanol–water partition coefficient (Wildman–Crippen LogP) is 0.647. The molecule has 1 saturated heterocycles. The van der Waals surface area contributed by atoms with Crippen LogP contribution in [0.25, 0.3) is 0 Å². The Hall–Kier alpha value is -1.93. The Morgan fingerprint density at radius 3 is 2.52 bits per heavy atom. The van der Waals surface area contributed by atoms with E-state index >= 15 is 0 Å². The summed E-state index contributed by atoms with van der Waals surface area (Å²) in [5.41, 5.74) is 5.08. The summed E-state index contributed by atoms with van der Waals surface area (Å²) in [6.07, 6.45) is 0.647. The highest BCUT2D eigenvalue weighted by atomic mass is 32.2. The number of piperidine rings is 1. The molecule has 2 atom stereocenters. The van der Waals surface area contributed by atoms with Crippen molar-refractivity contribution in [3.05, 3.63) is 30.3 Å². The molecule has 0 radical (unpaired) electrons. The lowest BCUT2D eigenvalue weighted by atomic mass is 10.1. The highest BCUT2D eigenvalue weighted by Crippen LogP contribution is 2.26. The van der Waals surface area contributed by atoms with Crippen LogP contribution in [0.3, 0.4) is 0 Å². The number of primary amides is 1. The van der Waals surface area contributed by atoms with Crippen molar-refractivity contribution in [2.24, 2.45) is 5.73 Å². The quantitative estimate of drug-likeness (QED) is 0.792. The number of carbonyl (C=O) groups excluding carboxylic acids is 2. The molecule has 1 amide bonds. The molecule has 2 rings (SSSR count). The van der Waals surface area contributed by atoms with Gasteiger partial charge in [-0.25, -0.2) is 8.42 Å². The van der Waals surface area contributed by atoms with Crippen molar-refractivity contribution in [1.82, 2.24) is 4.31 Å². The third-order valence-electron chi connectivity index (χ3n) is 3.77. The monoisotopic (exact) mass is 340 g/mol. The smallest absolute Gasteiger partial charge is 0.325 e. The molecule has 0 aromatic heterocycles. The summed E-state index contributed by atoms with van der Waals surface area (Å²) in [6, 6.07) is 7.00. The van der Waals surface area contributed by atoms with Crippen LogP contribution in [0.1, 0.15) is 26.2 Å². The van der Waals surface area contributed by atoms with Gasteiger partial charge in [0.15, 0.2) is 6.10 Å². The molecule has 1 heterocycles. The average Bonchev–Trinajstić information content (AvgIpc) is 2.55. The first-order chi connectivity index (χ1) is 10.8. The third-order valence-corrected chi connectivity index (χ3v) is 5.69. The summed E-state index contributed by atoms with van der Waals surface area (Å²) in [5.74, 6) is -1.51. The Balaban J connectivity index is 2.25. The fraction of sp³-hybridized carbons (Fsp3) is 0.467. The summed E-state index contributed by atoms with van der Waals surface area (Å²) in [5, 5.41) is 0. The molecule has 0 unspecified atom stereocenters. The third kappa shape index (κ3) is 3.89. The van der Waals surface area contributed by atoms with Gasteiger partial charge in [-0.1, -0.05) is 18.2 Å². The molecule has 1 aromatic carbocycles. The van der Waals surface area contributed by atoms with E-state index in [9.17, 15) is 18.0 Å². The molecule has 126 valence electrons. The van der Waals surface area contributed by atoms with Crippen LogP contribution in [0.15, 0.2) is 35.2 Å². The number of hydrogen-bond acceptors (Lipinski definition) is 5. The number of ether oxygens (including phenoxy) is 1. The fourth-order valence-electron chi connectivity index (χ4n) is 2.47. The minimum Gasteiger partial charge on any atom is -0.451 e. The Morgan fingerprint density at radius 2 is 1.91 bits per heavy atom. The van der Waals surface area contributed by atoms with E-state index in [-0.39, 0.29) is 11.4 Å². The van der Waals surface area contributed by atoms with Gasteiger partial charge in [0.1, 0.15) is 6.04 Å². The molecule has 8 heteroatoms. The second-order valence-electron chi connectivity index (χ2n) is 5.42. The second-order valence-corrected chi connectivity index (χ2v) is 7.31. The number of benzene rings is 1. The van der Waals surface area contributed by atoms with Gasteiger partial charge in [-0.05, 0) is 38.3 Å². The van der Waals surface area contributed by atoms with E-state index in [0.29, 0.717) is 19.3 Å². The molecular formula is C15H20N2O5S. The number of carbonyl (C=O) groups is 2. The number of sulfonamides is 1. The molecule has 0 spiro atoms. The Morgan fingerprint density at radius 1 is 1.26 bits per heavy atom. The standard InChI is InChI=1S/C15H20N2O5S/c1-11(14(16)18)22-15(19)13-9-5-6-10-17(13)23(20,21)12-7-3-2-4-8-12/h2-4,7-8,11,13H,5-6,9-10H2,1H3,(H2,16,18)/t11-,13-/m1/s1. The lowest BCUT2D eigenvalue weighted by molar-refractivity contribution is -0.158. The number of hydrogen-bond donors (Lipinski definition) is 1. The first-order valence-corrected chi connectivity index (χ1v) is 8.84. The van der Waals surface area contributed by atoms with Crippen molar-refractivity contribution < 1.29 is 22.7 Å². The van der Waals surface area contributed by atoms with E-state index in [0.717, 1.165) is 4.31 Å². The van der Waals surface area contributed by atoms with Crippen molar-refractivity contribution in [1.29, 1.82) is 0 Å². The van der Waals surface area contributed by atoms with Gasteiger partial charge in [0, 0.05) is 6.54 Å². The Bertz CT molecular complexity index is 674. The molecule has 0 bridgehead atoms. The maximum atomic E-state index is 12.7. The highest BCUT2D eigenvalue weighted by molar-refractivity contribution is 7.89. The fourth-order valence-corrected chi connectivity index (χ4v) is 4.13. The largest absolute Gasteiger partial charge is 0.451 e. The molecule has 1 aliphatic rings. The number of esters is 1. The van der Waals surface area contributed by atoms with Crippen LogP contribution in [0, 0.1) is 0 Å². The van der Waals surface area contributed by atoms with E-state index in [4.69, 9.17) is 10.5 Å². The predicted molar refractivity (Wildman–Crippen MR) is 82.7 cm³/mol. The maximum Gasteiger partial charge on any atom is 0.325 e. The van der Waals surface area contributed by atoms with Crippen LogP contribution < -0.4 is 5.73 Å². The van der Waals surface area contributed by atoms with Crippen molar-refractivity contribution in [3.63, 3.8) is 0 Å². The van der Waals surface area contributed by atoms with Crippen LogP contribution in [0.5, 0.6) is 0 Å². The number of rotatable bonds is 5. The minimum absolute atomic E-state index is 0.127. The molecular weight excluding hydrogens is 320 g/mol. The normalized spacial score (nSPS) is 20.7. The maximum absolute atomic E-state index is 12.7. The zero-order valence-corrected chi connectivity index (χ0v) is 13.7. The summed E-state index contributed by atoms with van der Waals surface area (Å²) in [6.45, 7) is 1.60. The average molecular weight is 340 g/mol. The topological polar surface area (TPSA) is 107 Å². The van der Waals surface area contributed by atoms with Crippen LogP contribution in [0.2, 0.25) is 0 Å². The van der Waals surface area contributed by atoms with E-state index in [1.165, 1.54) is 19.1 Å². The lowest BCUT2D eigenvalue weighted by Crippen LogP contribution is -2.49. The summed E-state index contributed by atoms with van der Waals surface area (Å²) < 4.78 is 31.6. The van der Waals surface area contributed by atoms with Gasteiger partial charge in [-0.15, -0.1) is 0 Å². The van der Waals surface area contributed by atoms with Gasteiger partial charge in [0.2, 0.25) is 10.0 Å². The van der Waals surface area contributed by atoms with Crippen molar-refractivity contribution in [2.75, 3.05) is 6.54 Å². The van der Waals surface area contributed by atoms with E-state index in [2.05, 4.69) is 0 Å². The van der Waals surface area contributed by atoms with Crippen LogP contribution in [0.4, 0.5) is 0 Å². The Labute approximate surface area is 135 Å². The molecule has 1 aromatic rings. The first-order valence-electron chi connectivity index (χ1n) is 7.40. The van der Waals surface area contributed by atoms with Crippen molar-refractivity contribution in [2.45, 2.75) is 43.2 Å². The zero-order valence-electron chi connectivity index (χ0n) is 12.8. The molecule has 0 aliphatic carbocycles. The zero-order chi connectivity index (χ0) is 17.0. The van der Waals surface area contributed by atoms with E-state index < -0.39 is 34.0 Å². The summed E-state index contributed by atoms with van der Waals surface area (Å²) >= 11 is 0. The molecule has 7 nitrogen and oxygen atoms in total. The SMILES string of the molecule is C[C@@H](OC(=O)[C@H]1CCCCN1S(=O)(=O)c1ccccc1)C(N)=O. The van der Waals surface area contributed by atoms with E-state index in [1.54, 1.807) is 18.2 Å². The summed E-state index contributed by atoms with van der Waals surface area (Å²) in [7, 11) is -3.80. The molecule has 1 fully saturated rings. The number of nitrogens with zero attached hydrogens (tertiary/aromatic N) is 1. The van der Waals surface area contributed by atoms with Gasteiger partial charge in [-0.3, -0.25) is 9.59 Å².